The predicted octanol–water partition coefficient (Wildman–Crippen LogP) is 2.75. The Balaban J connectivity index is 1.42. The number of fused-ring (bicyclic) bond motifs is 1. The number of rotatable bonds is 3. The number of nitrogens with zero attached hydrogens (tertiary/aromatic N) is 4. The third kappa shape index (κ3) is 4.16. The highest BCUT2D eigenvalue weighted by molar-refractivity contribution is 6.33. The van der Waals surface area contributed by atoms with Gasteiger partial charge in [-0.3, -0.25) is 18.9 Å². The van der Waals surface area contributed by atoms with Crippen LogP contribution >= 0.6 is 11.6 Å². The topological polar surface area (TPSA) is 57.9 Å². The Bertz CT molecular complexity index is 1140. The van der Waals surface area contributed by atoms with Crippen molar-refractivity contribution in [1.29, 1.82) is 0 Å². The van der Waals surface area contributed by atoms with Crippen molar-refractivity contribution in [2.24, 2.45) is 0 Å². The zero-order valence-electron chi connectivity index (χ0n) is 15.9. The molecule has 0 saturated carbocycles. The minimum Gasteiger partial charge on any atom is -0.336 e. The average molecular weight is 415 g/mol. The van der Waals surface area contributed by atoms with Gasteiger partial charge in [0, 0.05) is 45.0 Å². The zero-order valence-corrected chi connectivity index (χ0v) is 16.7. The van der Waals surface area contributed by atoms with Gasteiger partial charge in [0.2, 0.25) is 0 Å². The molecule has 0 aliphatic carbocycles. The van der Waals surface area contributed by atoms with Gasteiger partial charge in [0.15, 0.2) is 0 Å². The van der Waals surface area contributed by atoms with Gasteiger partial charge in [-0.15, -0.1) is 0 Å². The molecule has 1 aliphatic heterocycles. The van der Waals surface area contributed by atoms with Crippen LogP contribution in [0.4, 0.5) is 4.39 Å². The highest BCUT2D eigenvalue weighted by Gasteiger charge is 2.24. The summed E-state index contributed by atoms with van der Waals surface area (Å²) < 4.78 is 14.8. The summed E-state index contributed by atoms with van der Waals surface area (Å²) in [6, 6.07) is 9.12. The number of aromatic nitrogens is 2. The number of pyridine rings is 1. The van der Waals surface area contributed by atoms with Crippen molar-refractivity contribution in [2.75, 3.05) is 26.2 Å². The van der Waals surface area contributed by atoms with Crippen molar-refractivity contribution in [3.63, 3.8) is 0 Å². The van der Waals surface area contributed by atoms with Gasteiger partial charge >= 0.3 is 0 Å². The Morgan fingerprint density at radius 2 is 1.90 bits per heavy atom. The number of carbonyl (C=O) groups excluding carboxylic acids is 1. The SMILES string of the molecule is Cc1ccc2nc(CN3CCN(C(=O)c4ccc(F)cc4Cl)CC3)cc(=O)n2c1. The first-order valence-electron chi connectivity index (χ1n) is 9.36. The first-order chi connectivity index (χ1) is 13.9. The van der Waals surface area contributed by atoms with Crippen LogP contribution in [-0.4, -0.2) is 51.3 Å². The van der Waals surface area contributed by atoms with Gasteiger partial charge in [0.05, 0.1) is 16.3 Å². The highest BCUT2D eigenvalue weighted by atomic mass is 35.5. The Hall–Kier alpha value is -2.77. The second kappa shape index (κ2) is 7.93. The molecule has 3 aromatic rings. The van der Waals surface area contributed by atoms with Gasteiger partial charge in [0.1, 0.15) is 11.5 Å². The fraction of sp³-hybridized carbons (Fsp3) is 0.286. The third-order valence-corrected chi connectivity index (χ3v) is 5.38. The number of halogens is 2. The average Bonchev–Trinajstić information content (AvgIpc) is 2.69. The van der Waals surface area contributed by atoms with E-state index in [0.717, 1.165) is 11.6 Å². The second-order valence-corrected chi connectivity index (χ2v) is 7.62. The van der Waals surface area contributed by atoms with E-state index >= 15 is 0 Å². The molecule has 1 aliphatic rings. The number of benzene rings is 1. The Kier molecular flexibility index (Phi) is 5.34. The number of piperazine rings is 1. The molecule has 0 N–H and O–H groups in total. The van der Waals surface area contributed by atoms with Gasteiger partial charge in [-0.25, -0.2) is 9.37 Å². The fourth-order valence-corrected chi connectivity index (χ4v) is 3.76. The first-order valence-corrected chi connectivity index (χ1v) is 9.74. The van der Waals surface area contributed by atoms with Crippen LogP contribution in [0.15, 0.2) is 47.4 Å². The molecule has 1 amide bonds. The smallest absolute Gasteiger partial charge is 0.258 e. The Labute approximate surface area is 172 Å². The molecule has 0 radical (unpaired) electrons. The molecule has 3 heterocycles. The molecular weight excluding hydrogens is 395 g/mol. The first kappa shape index (κ1) is 19.5. The maximum Gasteiger partial charge on any atom is 0.258 e. The van der Waals surface area contributed by atoms with E-state index in [1.807, 2.05) is 19.1 Å². The number of aryl methyl sites for hydroxylation is 1. The molecule has 4 rings (SSSR count). The molecule has 0 atom stereocenters. The Morgan fingerprint density at radius 1 is 1.14 bits per heavy atom. The fourth-order valence-electron chi connectivity index (χ4n) is 3.51. The van der Waals surface area contributed by atoms with Gasteiger partial charge in [-0.05, 0) is 36.8 Å². The predicted molar refractivity (Wildman–Crippen MR) is 109 cm³/mol. The lowest BCUT2D eigenvalue weighted by atomic mass is 10.1. The molecule has 150 valence electrons. The van der Waals surface area contributed by atoms with E-state index in [-0.39, 0.29) is 16.5 Å². The summed E-state index contributed by atoms with van der Waals surface area (Å²) in [6.07, 6.45) is 1.78. The van der Waals surface area contributed by atoms with Crippen molar-refractivity contribution >= 4 is 23.2 Å². The van der Waals surface area contributed by atoms with E-state index in [4.69, 9.17) is 11.6 Å². The normalized spacial score (nSPS) is 15.1. The van der Waals surface area contributed by atoms with Crippen LogP contribution in [0.3, 0.4) is 0 Å². The molecule has 6 nitrogen and oxygen atoms in total. The van der Waals surface area contributed by atoms with E-state index in [0.29, 0.717) is 49.6 Å². The van der Waals surface area contributed by atoms with Crippen molar-refractivity contribution in [2.45, 2.75) is 13.5 Å². The van der Waals surface area contributed by atoms with Crippen molar-refractivity contribution in [3.05, 3.63) is 80.6 Å². The van der Waals surface area contributed by atoms with E-state index < -0.39 is 5.82 Å². The molecule has 8 heteroatoms. The zero-order chi connectivity index (χ0) is 20.5. The van der Waals surface area contributed by atoms with Crippen LogP contribution in [0.25, 0.3) is 5.65 Å². The van der Waals surface area contributed by atoms with E-state index in [1.165, 1.54) is 12.1 Å². The molecule has 1 fully saturated rings. The monoisotopic (exact) mass is 414 g/mol. The number of carbonyl (C=O) groups is 1. The van der Waals surface area contributed by atoms with Crippen LogP contribution < -0.4 is 5.56 Å². The number of amides is 1. The quantitative estimate of drug-likeness (QED) is 0.661. The molecule has 2 aromatic heterocycles. The second-order valence-electron chi connectivity index (χ2n) is 7.21. The number of hydrogen-bond donors (Lipinski definition) is 0. The van der Waals surface area contributed by atoms with Crippen molar-refractivity contribution < 1.29 is 9.18 Å². The summed E-state index contributed by atoms with van der Waals surface area (Å²) in [5.41, 5.74) is 2.53. The van der Waals surface area contributed by atoms with E-state index in [9.17, 15) is 14.0 Å². The van der Waals surface area contributed by atoms with Crippen LogP contribution in [-0.2, 0) is 6.54 Å². The maximum atomic E-state index is 13.2. The largest absolute Gasteiger partial charge is 0.336 e. The third-order valence-electron chi connectivity index (χ3n) is 5.07. The summed E-state index contributed by atoms with van der Waals surface area (Å²) in [4.78, 5) is 33.5. The summed E-state index contributed by atoms with van der Waals surface area (Å²) >= 11 is 6.01. The van der Waals surface area contributed by atoms with Crippen LogP contribution in [0.1, 0.15) is 21.6 Å². The summed E-state index contributed by atoms with van der Waals surface area (Å²) in [7, 11) is 0. The van der Waals surface area contributed by atoms with E-state index in [1.54, 1.807) is 21.6 Å². The number of hydrogen-bond acceptors (Lipinski definition) is 4. The summed E-state index contributed by atoms with van der Waals surface area (Å²) in [5.74, 6) is -0.669. The van der Waals surface area contributed by atoms with Crippen LogP contribution in [0, 0.1) is 12.7 Å². The van der Waals surface area contributed by atoms with Crippen molar-refractivity contribution in [1.82, 2.24) is 19.2 Å². The maximum absolute atomic E-state index is 13.2. The van der Waals surface area contributed by atoms with E-state index in [2.05, 4.69) is 9.88 Å². The lowest BCUT2D eigenvalue weighted by Gasteiger charge is -2.34. The molecule has 0 spiro atoms. The highest BCUT2D eigenvalue weighted by Crippen LogP contribution is 2.20. The van der Waals surface area contributed by atoms with Crippen LogP contribution in [0.2, 0.25) is 5.02 Å². The van der Waals surface area contributed by atoms with Gasteiger partial charge in [-0.1, -0.05) is 17.7 Å². The molecule has 29 heavy (non-hydrogen) atoms. The lowest BCUT2D eigenvalue weighted by Crippen LogP contribution is -2.48. The van der Waals surface area contributed by atoms with Gasteiger partial charge in [0.25, 0.3) is 11.5 Å². The molecule has 1 aromatic carbocycles. The van der Waals surface area contributed by atoms with Crippen molar-refractivity contribution in [3.8, 4) is 0 Å². The summed E-state index contributed by atoms with van der Waals surface area (Å²) in [5, 5.41) is 0.119. The minimum absolute atomic E-state index is 0.103. The molecule has 1 saturated heterocycles. The molecule has 0 bridgehead atoms. The van der Waals surface area contributed by atoms with Crippen LogP contribution in [0.5, 0.6) is 0 Å². The standard InChI is InChI=1S/C21H20ClFN4O2/c1-14-2-5-19-24-16(11-20(28)27(19)12-14)13-25-6-8-26(9-7-25)21(29)17-4-3-15(23)10-18(17)22/h2-5,10-12H,6-9,13H2,1H3. The minimum atomic E-state index is -0.467. The summed E-state index contributed by atoms with van der Waals surface area (Å²) in [6.45, 7) is 4.83. The molecular formula is C21H20ClFN4O2. The van der Waals surface area contributed by atoms with Gasteiger partial charge in [-0.2, -0.15) is 0 Å². The lowest BCUT2D eigenvalue weighted by molar-refractivity contribution is 0.0627. The Morgan fingerprint density at radius 3 is 2.62 bits per heavy atom. The molecule has 0 unspecified atom stereocenters. The van der Waals surface area contributed by atoms with Gasteiger partial charge < -0.3 is 4.90 Å².